The predicted molar refractivity (Wildman–Crippen MR) is 305 cm³/mol. The minimum Gasteiger partial charge on any atom is 0 e. The minimum atomic E-state index is -2.43. The maximum atomic E-state index is 15.5. The molecule has 0 amide bonds. The Labute approximate surface area is 456 Å². The number of nitrogens with zero attached hydrogens (tertiary/aromatic N) is 4. The van der Waals surface area contributed by atoms with Gasteiger partial charge in [-0.25, -0.2) is 0 Å². The molecule has 1 atom stereocenters. The third kappa shape index (κ3) is 9.31. The molecule has 0 saturated carbocycles. The average Bonchev–Trinajstić information content (AvgIpc) is 4.24. The summed E-state index contributed by atoms with van der Waals surface area (Å²) in [5.41, 5.74) is 14.5. The first-order valence-electron chi connectivity index (χ1n) is 27.2. The summed E-state index contributed by atoms with van der Waals surface area (Å²) in [6.45, 7) is 8.42. The Kier molecular flexibility index (Phi) is 12.2. The van der Waals surface area contributed by atoms with Crippen molar-refractivity contribution in [3.8, 4) is 39.5 Å². The number of aryl methyl sites for hydroxylation is 5. The standard InChI is InChI=1S/C42H29FN3O.C24H28GeN.Ir/c1-23-18-28(27-10-6-5-7-11-27)19-24(2)40(23)46-37-21-32-26(4)25(3)29-12-8-9-13-30(29)33(32)20-36(37)45-42(46)31-14-15-35(43)39-34-22-44-17-16-38(34)47-41(31)39;1-18-11-13-21(14-12-18)24-16-22(23(17-26-24)25(3,4)5)15-19(2)20-9-7-6-8-10-20;/h5-13,15-22H,1-4H3;6-13,16-17,19H,15H2,1-5H3;/q2*-1;/i;1D3,15D2;. The van der Waals surface area contributed by atoms with Crippen LogP contribution in [0.4, 0.5) is 4.39 Å². The Balaban J connectivity index is 0.000000192. The maximum Gasteiger partial charge on any atom is 0 e. The molecule has 0 spiro atoms. The summed E-state index contributed by atoms with van der Waals surface area (Å²) < 4.78 is 65.9. The molecular formula is C66H57FGeIrN4O-2. The number of benzene rings is 8. The Hall–Kier alpha value is -7.03. The summed E-state index contributed by atoms with van der Waals surface area (Å²) in [5, 5.41) is 5.79. The molecule has 0 aliphatic rings. The number of aromatic nitrogens is 4. The smallest absolute Gasteiger partial charge is 0 e. The van der Waals surface area contributed by atoms with Gasteiger partial charge in [0.15, 0.2) is 0 Å². The number of furan rings is 1. The molecule has 369 valence electrons. The summed E-state index contributed by atoms with van der Waals surface area (Å²) in [5.74, 6) is 6.61. The fourth-order valence-corrected chi connectivity index (χ4v) is 13.3. The summed E-state index contributed by atoms with van der Waals surface area (Å²) in [7, 11) is 0. The number of halogens is 1. The van der Waals surface area contributed by atoms with Gasteiger partial charge in [0.25, 0.3) is 0 Å². The van der Waals surface area contributed by atoms with E-state index < -0.39 is 32.3 Å². The van der Waals surface area contributed by atoms with Gasteiger partial charge in [-0.15, -0.1) is 12.1 Å². The molecule has 74 heavy (non-hydrogen) atoms. The molecule has 4 aromatic heterocycles. The zero-order valence-electron chi connectivity index (χ0n) is 47.6. The van der Waals surface area contributed by atoms with Crippen LogP contribution in [0, 0.1) is 52.5 Å². The fraction of sp³-hybridized carbons (Fsp3) is 0.167. The Morgan fingerprint density at radius 1 is 0.730 bits per heavy atom. The van der Waals surface area contributed by atoms with E-state index >= 15 is 4.39 Å². The second-order valence-electron chi connectivity index (χ2n) is 20.1. The van der Waals surface area contributed by atoms with Crippen molar-refractivity contribution in [1.29, 1.82) is 0 Å². The number of pyridine rings is 2. The zero-order valence-corrected chi connectivity index (χ0v) is 47.1. The second kappa shape index (κ2) is 20.4. The van der Waals surface area contributed by atoms with Gasteiger partial charge in [-0.1, -0.05) is 60.2 Å². The molecule has 1 radical (unpaired) electrons. The molecule has 5 nitrogen and oxygen atoms in total. The number of rotatable bonds is 8. The van der Waals surface area contributed by atoms with Crippen LogP contribution < -0.4 is 4.40 Å². The molecule has 0 aliphatic carbocycles. The molecular weight excluding hydrogens is 1150 g/mol. The van der Waals surface area contributed by atoms with Crippen molar-refractivity contribution >= 4 is 72.2 Å². The van der Waals surface area contributed by atoms with Gasteiger partial charge in [-0.05, 0) is 118 Å². The molecule has 4 heterocycles. The summed E-state index contributed by atoms with van der Waals surface area (Å²) in [4.78, 5) is 14.2. The van der Waals surface area contributed by atoms with Gasteiger partial charge >= 0.3 is 168 Å². The van der Waals surface area contributed by atoms with E-state index in [0.29, 0.717) is 50.1 Å². The zero-order chi connectivity index (χ0) is 55.0. The van der Waals surface area contributed by atoms with Crippen LogP contribution in [0.1, 0.15) is 58.6 Å². The first kappa shape index (κ1) is 44.5. The van der Waals surface area contributed by atoms with Crippen molar-refractivity contribution in [3.05, 3.63) is 221 Å². The van der Waals surface area contributed by atoms with Crippen LogP contribution in [0.15, 0.2) is 169 Å². The topological polar surface area (TPSA) is 56.7 Å². The molecule has 1 unspecified atom stereocenters. The van der Waals surface area contributed by atoms with Crippen LogP contribution in [0.25, 0.3) is 94.0 Å². The van der Waals surface area contributed by atoms with Gasteiger partial charge in [-0.2, -0.15) is 0 Å². The van der Waals surface area contributed by atoms with Crippen molar-refractivity contribution < 1.29 is 35.8 Å². The maximum absolute atomic E-state index is 15.5. The van der Waals surface area contributed by atoms with Crippen LogP contribution >= 0.6 is 0 Å². The molecule has 0 bridgehead atoms. The van der Waals surface area contributed by atoms with Crippen LogP contribution in [-0.4, -0.2) is 32.8 Å². The van der Waals surface area contributed by atoms with Gasteiger partial charge in [0, 0.05) is 49.4 Å². The van der Waals surface area contributed by atoms with E-state index in [2.05, 4.69) is 144 Å². The summed E-state index contributed by atoms with van der Waals surface area (Å²) >= 11 is -2.43. The number of hydrogen-bond donors (Lipinski definition) is 0. The van der Waals surface area contributed by atoms with Gasteiger partial charge < -0.3 is 8.98 Å². The second-order valence-corrected chi connectivity index (χ2v) is 30.7. The number of imidazole rings is 1. The Morgan fingerprint density at radius 2 is 1.43 bits per heavy atom. The SMILES string of the molecule is Cc1cc(-c2ccccc2)cc(C)c1-n1c(-c2[c-]cc(F)c3c2oc2ccncc23)nc2cc3c(cc21)c(C)c(C)c1ccccc13.[2H]C([2H])([2H])c1c[c-]c(-c2cc(C([2H])([2H])C(C)c3ccccc3)[c]([Ge]([CH3])([CH3])[CH3])cn2)cc1.[Ir]. The predicted octanol–water partition coefficient (Wildman–Crippen LogP) is 16.9. The van der Waals surface area contributed by atoms with E-state index in [-0.39, 0.29) is 31.6 Å². The minimum absolute atomic E-state index is 0. The fourth-order valence-electron chi connectivity index (χ4n) is 10.4. The Morgan fingerprint density at radius 3 is 2.14 bits per heavy atom. The molecule has 0 fully saturated rings. The quantitative estimate of drug-likeness (QED) is 0.0864. The van der Waals surface area contributed by atoms with Crippen molar-refractivity contribution in [2.75, 3.05) is 0 Å². The van der Waals surface area contributed by atoms with Crippen molar-refractivity contribution in [2.45, 2.75) is 71.0 Å². The molecule has 0 N–H and O–H groups in total. The van der Waals surface area contributed by atoms with E-state index in [0.717, 1.165) is 54.3 Å². The van der Waals surface area contributed by atoms with Crippen LogP contribution in [-0.2, 0) is 26.5 Å². The molecule has 0 aliphatic heterocycles. The third-order valence-corrected chi connectivity index (χ3v) is 18.4. The average molecular weight is 1210 g/mol. The largest absolute Gasteiger partial charge is 0 e. The first-order chi connectivity index (χ1) is 37.2. The van der Waals surface area contributed by atoms with Gasteiger partial charge in [0.1, 0.15) is 5.58 Å². The van der Waals surface area contributed by atoms with E-state index in [1.165, 1.54) is 39.4 Å². The van der Waals surface area contributed by atoms with Gasteiger partial charge in [-0.3, -0.25) is 14.4 Å². The van der Waals surface area contributed by atoms with Crippen LogP contribution in [0.5, 0.6) is 0 Å². The molecule has 12 aromatic rings. The van der Waals surface area contributed by atoms with Crippen molar-refractivity contribution in [2.24, 2.45) is 0 Å². The summed E-state index contributed by atoms with van der Waals surface area (Å²) in [6, 6.07) is 53.6. The van der Waals surface area contributed by atoms with E-state index in [4.69, 9.17) is 16.3 Å². The van der Waals surface area contributed by atoms with Gasteiger partial charge in [0.05, 0.1) is 22.4 Å². The van der Waals surface area contributed by atoms with Crippen LogP contribution in [0.2, 0.25) is 17.3 Å². The van der Waals surface area contributed by atoms with Gasteiger partial charge in [0.2, 0.25) is 0 Å². The van der Waals surface area contributed by atoms with Crippen molar-refractivity contribution in [1.82, 2.24) is 19.5 Å². The summed E-state index contributed by atoms with van der Waals surface area (Å²) in [6.07, 6.45) is 3.54. The van der Waals surface area contributed by atoms with E-state index in [9.17, 15) is 0 Å². The number of fused-ring (bicyclic) bond motifs is 7. The normalized spacial score (nSPS) is 13.4. The van der Waals surface area contributed by atoms with Crippen molar-refractivity contribution in [3.63, 3.8) is 0 Å². The monoisotopic (exact) mass is 1210 g/mol. The molecule has 0 saturated heterocycles. The van der Waals surface area contributed by atoms with E-state index in [1.807, 2.05) is 55.6 Å². The third-order valence-electron chi connectivity index (χ3n) is 14.2. The molecule has 8 aromatic carbocycles. The Bertz CT molecular complexity index is 4260. The number of hydrogen-bond acceptors (Lipinski definition) is 4. The molecule has 12 rings (SSSR count). The van der Waals surface area contributed by atoms with E-state index in [1.54, 1.807) is 30.6 Å². The van der Waals surface area contributed by atoms with Crippen LogP contribution in [0.3, 0.4) is 0 Å². The first-order valence-corrected chi connectivity index (χ1v) is 32.0. The molecule has 8 heteroatoms.